The van der Waals surface area contributed by atoms with Crippen molar-refractivity contribution in [3.05, 3.63) is 0 Å². The van der Waals surface area contributed by atoms with E-state index >= 15 is 0 Å². The Kier molecular flexibility index (Phi) is 3.70. The van der Waals surface area contributed by atoms with E-state index in [0.29, 0.717) is 13.0 Å². The molecule has 6 heteroatoms. The van der Waals surface area contributed by atoms with Gasteiger partial charge in [-0.05, 0) is 13.0 Å². The molecule has 2 rings (SSSR count). The smallest absolute Gasteiger partial charge is 0.236 e. The largest absolute Gasteiger partial charge is 0.379 e. The number of amides is 2. The second-order valence-electron chi connectivity index (χ2n) is 3.89. The van der Waals surface area contributed by atoms with Gasteiger partial charge in [0.05, 0.1) is 11.5 Å². The van der Waals surface area contributed by atoms with Crippen LogP contribution in [0.25, 0.3) is 0 Å². The second-order valence-corrected chi connectivity index (χ2v) is 3.89. The van der Waals surface area contributed by atoms with Crippen molar-refractivity contribution in [1.82, 2.24) is 10.6 Å². The molecule has 2 amide bonds. The first kappa shape index (κ1) is 12.4. The zero-order chi connectivity index (χ0) is 10.2. The molecule has 0 saturated carbocycles. The zero-order valence-electron chi connectivity index (χ0n) is 8.54. The molecule has 5 nitrogen and oxygen atoms in total. The van der Waals surface area contributed by atoms with Gasteiger partial charge in [-0.3, -0.25) is 14.9 Å². The number of piperidine rings is 1. The fraction of sp³-hybridized carbons (Fsp3) is 0.778. The Hall–Kier alpha value is -0.650. The van der Waals surface area contributed by atoms with Gasteiger partial charge in [0.25, 0.3) is 0 Å². The van der Waals surface area contributed by atoms with Crippen LogP contribution in [0.2, 0.25) is 0 Å². The molecule has 2 aliphatic heterocycles. The van der Waals surface area contributed by atoms with Gasteiger partial charge in [-0.2, -0.15) is 0 Å². The maximum Gasteiger partial charge on any atom is 0.236 e. The standard InChI is InChI=1S/C9H14N2O3.ClH/c1-14-6-5-10-3-2-9(6)4-7(12)11-8(9)13;/h6,10H,2-5H2,1H3,(H,11,12,13);1H. The minimum Gasteiger partial charge on any atom is -0.379 e. The molecular formula is C9H15ClN2O3. The van der Waals surface area contributed by atoms with E-state index in [-0.39, 0.29) is 36.7 Å². The number of imide groups is 1. The summed E-state index contributed by atoms with van der Waals surface area (Å²) in [5.74, 6) is -0.352. The van der Waals surface area contributed by atoms with Crippen LogP contribution in [-0.2, 0) is 14.3 Å². The SMILES string of the molecule is COC1CNCCC12CC(=O)NC2=O.Cl. The van der Waals surface area contributed by atoms with Crippen molar-refractivity contribution >= 4 is 24.2 Å². The zero-order valence-corrected chi connectivity index (χ0v) is 9.36. The van der Waals surface area contributed by atoms with Gasteiger partial charge in [-0.1, -0.05) is 0 Å². The van der Waals surface area contributed by atoms with E-state index < -0.39 is 5.41 Å². The van der Waals surface area contributed by atoms with E-state index in [1.165, 1.54) is 0 Å². The molecule has 2 saturated heterocycles. The lowest BCUT2D eigenvalue weighted by Gasteiger charge is -2.37. The highest BCUT2D eigenvalue weighted by Crippen LogP contribution is 2.38. The molecule has 0 radical (unpaired) electrons. The van der Waals surface area contributed by atoms with Crippen molar-refractivity contribution < 1.29 is 14.3 Å². The Bertz CT molecular complexity index is 285. The van der Waals surface area contributed by atoms with Crippen LogP contribution in [0.1, 0.15) is 12.8 Å². The van der Waals surface area contributed by atoms with Gasteiger partial charge in [-0.25, -0.2) is 0 Å². The maximum absolute atomic E-state index is 11.7. The summed E-state index contributed by atoms with van der Waals surface area (Å²) in [5, 5.41) is 5.51. The molecular weight excluding hydrogens is 220 g/mol. The van der Waals surface area contributed by atoms with Gasteiger partial charge in [0, 0.05) is 20.1 Å². The number of rotatable bonds is 1. The number of carbonyl (C=O) groups excluding carboxylic acids is 2. The first-order valence-corrected chi connectivity index (χ1v) is 4.77. The molecule has 1 spiro atoms. The Morgan fingerprint density at radius 3 is 2.73 bits per heavy atom. The third-order valence-electron chi connectivity index (χ3n) is 3.16. The fourth-order valence-corrected chi connectivity index (χ4v) is 2.33. The van der Waals surface area contributed by atoms with E-state index in [9.17, 15) is 9.59 Å². The molecule has 2 unspecified atom stereocenters. The molecule has 2 N–H and O–H groups in total. The molecule has 2 atom stereocenters. The van der Waals surface area contributed by atoms with E-state index in [4.69, 9.17) is 4.74 Å². The van der Waals surface area contributed by atoms with Crippen molar-refractivity contribution in [3.8, 4) is 0 Å². The number of halogens is 1. The van der Waals surface area contributed by atoms with E-state index in [2.05, 4.69) is 10.6 Å². The highest BCUT2D eigenvalue weighted by atomic mass is 35.5. The van der Waals surface area contributed by atoms with E-state index in [1.54, 1.807) is 7.11 Å². The van der Waals surface area contributed by atoms with Crippen LogP contribution in [-0.4, -0.2) is 38.1 Å². The summed E-state index contributed by atoms with van der Waals surface area (Å²) in [6.07, 6.45) is 0.748. The van der Waals surface area contributed by atoms with Crippen molar-refractivity contribution in [3.63, 3.8) is 0 Å². The second kappa shape index (κ2) is 4.47. The van der Waals surface area contributed by atoms with Crippen molar-refractivity contribution in [2.45, 2.75) is 18.9 Å². The molecule has 15 heavy (non-hydrogen) atoms. The van der Waals surface area contributed by atoms with Crippen molar-refractivity contribution in [2.75, 3.05) is 20.2 Å². The van der Waals surface area contributed by atoms with Crippen molar-refractivity contribution in [1.29, 1.82) is 0 Å². The number of carbonyl (C=O) groups is 2. The van der Waals surface area contributed by atoms with Gasteiger partial charge >= 0.3 is 0 Å². The Balaban J connectivity index is 0.00000112. The minimum atomic E-state index is -0.614. The summed E-state index contributed by atoms with van der Waals surface area (Å²) in [7, 11) is 1.58. The Morgan fingerprint density at radius 2 is 2.20 bits per heavy atom. The third kappa shape index (κ3) is 1.87. The van der Waals surface area contributed by atoms with E-state index in [1.807, 2.05) is 0 Å². The predicted octanol–water partition coefficient (Wildman–Crippen LogP) is -0.551. The maximum atomic E-state index is 11.7. The minimum absolute atomic E-state index is 0. The summed E-state index contributed by atoms with van der Waals surface area (Å²) in [5.41, 5.74) is -0.614. The van der Waals surface area contributed by atoms with Crippen LogP contribution in [0.4, 0.5) is 0 Å². The van der Waals surface area contributed by atoms with Crippen LogP contribution < -0.4 is 10.6 Å². The van der Waals surface area contributed by atoms with Crippen LogP contribution in [0.3, 0.4) is 0 Å². The molecule has 86 valence electrons. The van der Waals surface area contributed by atoms with Gasteiger partial charge < -0.3 is 10.1 Å². The molecule has 0 aromatic rings. The van der Waals surface area contributed by atoms with Crippen molar-refractivity contribution in [2.24, 2.45) is 5.41 Å². The number of hydrogen-bond acceptors (Lipinski definition) is 4. The summed E-state index contributed by atoms with van der Waals surface area (Å²) < 4.78 is 5.27. The number of ether oxygens (including phenoxy) is 1. The monoisotopic (exact) mass is 234 g/mol. The molecule has 0 aromatic heterocycles. The average molecular weight is 235 g/mol. The fourth-order valence-electron chi connectivity index (χ4n) is 2.33. The Morgan fingerprint density at radius 1 is 1.47 bits per heavy atom. The predicted molar refractivity (Wildman–Crippen MR) is 55.7 cm³/mol. The van der Waals surface area contributed by atoms with Crippen LogP contribution in [0.15, 0.2) is 0 Å². The number of hydrogen-bond donors (Lipinski definition) is 2. The number of methoxy groups -OCH3 is 1. The summed E-state index contributed by atoms with van der Waals surface area (Å²) >= 11 is 0. The molecule has 2 heterocycles. The van der Waals surface area contributed by atoms with E-state index in [0.717, 1.165) is 6.54 Å². The normalized spacial score (nSPS) is 35.1. The van der Waals surface area contributed by atoms with Crippen LogP contribution in [0, 0.1) is 5.41 Å². The highest BCUT2D eigenvalue weighted by molar-refractivity contribution is 6.06. The van der Waals surface area contributed by atoms with Gasteiger partial charge in [0.2, 0.25) is 11.8 Å². The number of nitrogens with one attached hydrogen (secondary N) is 2. The van der Waals surface area contributed by atoms with Gasteiger partial charge in [0.1, 0.15) is 0 Å². The molecule has 2 aliphatic rings. The lowest BCUT2D eigenvalue weighted by atomic mass is 9.75. The molecule has 0 aliphatic carbocycles. The molecule has 0 bridgehead atoms. The third-order valence-corrected chi connectivity index (χ3v) is 3.16. The first-order valence-electron chi connectivity index (χ1n) is 4.77. The highest BCUT2D eigenvalue weighted by Gasteiger charge is 2.53. The summed E-state index contributed by atoms with van der Waals surface area (Å²) in [6, 6.07) is 0. The first-order chi connectivity index (χ1) is 6.69. The molecule has 2 fully saturated rings. The molecule has 0 aromatic carbocycles. The van der Waals surface area contributed by atoms with Crippen LogP contribution in [0.5, 0.6) is 0 Å². The summed E-state index contributed by atoms with van der Waals surface area (Å²) in [4.78, 5) is 22.9. The topological polar surface area (TPSA) is 67.4 Å². The lowest BCUT2D eigenvalue weighted by Crippen LogP contribution is -2.53. The lowest BCUT2D eigenvalue weighted by molar-refractivity contribution is -0.137. The van der Waals surface area contributed by atoms with Gasteiger partial charge in [-0.15, -0.1) is 12.4 Å². The average Bonchev–Trinajstić information content (AvgIpc) is 2.43. The van der Waals surface area contributed by atoms with Crippen LogP contribution >= 0.6 is 12.4 Å². The van der Waals surface area contributed by atoms with Gasteiger partial charge in [0.15, 0.2) is 0 Å². The quantitative estimate of drug-likeness (QED) is 0.598. The summed E-state index contributed by atoms with van der Waals surface area (Å²) in [6.45, 7) is 1.40. The Labute approximate surface area is 94.3 Å².